The van der Waals surface area contributed by atoms with Crippen LogP contribution in [0.15, 0.2) is 78.9 Å². The Morgan fingerprint density at radius 3 is 2.17 bits per heavy atom. The van der Waals surface area contributed by atoms with E-state index in [0.717, 1.165) is 22.2 Å². The first-order valence-electron chi connectivity index (χ1n) is 9.45. The van der Waals surface area contributed by atoms with E-state index in [1.165, 1.54) is 12.1 Å². The molecule has 0 unspecified atom stereocenters. The number of fused-ring (bicyclic) bond motifs is 1. The number of amides is 2. The molecule has 3 atom stereocenters. The molecule has 150 valence electrons. The second-order valence-electron chi connectivity index (χ2n) is 7.18. The molecule has 0 aromatic heterocycles. The van der Waals surface area contributed by atoms with E-state index in [4.69, 9.17) is 16.4 Å². The number of benzene rings is 3. The number of nitrogens with zero attached hydrogens (tertiary/aromatic N) is 2. The minimum absolute atomic E-state index is 0.0771. The Hall–Kier alpha value is -3.22. The number of halogens is 2. The van der Waals surface area contributed by atoms with Crippen LogP contribution in [0, 0.1) is 11.7 Å². The summed E-state index contributed by atoms with van der Waals surface area (Å²) in [4.78, 5) is 33.6. The Bertz CT molecular complexity index is 1130. The summed E-state index contributed by atoms with van der Waals surface area (Å²) in [5.41, 5.74) is 1.73. The summed E-state index contributed by atoms with van der Waals surface area (Å²) < 4.78 is 14.0. The number of hydrogen-bond acceptors (Lipinski definition) is 4. The van der Waals surface area contributed by atoms with Gasteiger partial charge in [-0.25, -0.2) is 14.4 Å². The van der Waals surface area contributed by atoms with Crippen molar-refractivity contribution >= 4 is 34.8 Å². The molecule has 5 nitrogen and oxygen atoms in total. The zero-order chi connectivity index (χ0) is 20.8. The maximum Gasteiger partial charge on any atom is 0.266 e. The van der Waals surface area contributed by atoms with Crippen LogP contribution in [-0.2, 0) is 14.4 Å². The topological polar surface area (TPSA) is 49.9 Å². The quantitative estimate of drug-likeness (QED) is 0.582. The number of rotatable bonds is 3. The van der Waals surface area contributed by atoms with Gasteiger partial charge in [0.2, 0.25) is 5.91 Å². The highest BCUT2D eigenvalue weighted by atomic mass is 35.5. The number of carbonyl (C=O) groups is 2. The van der Waals surface area contributed by atoms with Crippen LogP contribution in [0.2, 0.25) is 5.02 Å². The summed E-state index contributed by atoms with van der Waals surface area (Å²) in [7, 11) is 0. The van der Waals surface area contributed by atoms with Crippen molar-refractivity contribution in [2.24, 2.45) is 5.92 Å². The van der Waals surface area contributed by atoms with Gasteiger partial charge in [0.25, 0.3) is 5.91 Å². The highest BCUT2D eigenvalue weighted by molar-refractivity contribution is 6.31. The summed E-state index contributed by atoms with van der Waals surface area (Å²) in [5.74, 6) is -2.41. The molecular weight excluding hydrogens is 407 g/mol. The van der Waals surface area contributed by atoms with E-state index >= 15 is 0 Å². The summed E-state index contributed by atoms with van der Waals surface area (Å²) in [6.07, 6.45) is -0.998. The average Bonchev–Trinajstić information content (AvgIpc) is 3.28. The van der Waals surface area contributed by atoms with Gasteiger partial charge >= 0.3 is 0 Å². The Morgan fingerprint density at radius 1 is 0.833 bits per heavy atom. The molecule has 2 heterocycles. The minimum Gasteiger partial charge on any atom is -0.273 e. The van der Waals surface area contributed by atoms with Gasteiger partial charge in [0.15, 0.2) is 6.10 Å². The van der Waals surface area contributed by atoms with Gasteiger partial charge in [-0.3, -0.25) is 14.4 Å². The van der Waals surface area contributed by atoms with Crippen LogP contribution in [0.1, 0.15) is 11.6 Å². The third-order valence-electron chi connectivity index (χ3n) is 5.43. The van der Waals surface area contributed by atoms with Crippen LogP contribution < -0.4 is 9.96 Å². The van der Waals surface area contributed by atoms with Crippen LogP contribution in [-0.4, -0.2) is 17.9 Å². The fourth-order valence-electron chi connectivity index (χ4n) is 4.08. The molecule has 7 heteroatoms. The number of hydrogen-bond donors (Lipinski definition) is 0. The average molecular weight is 423 g/mol. The Morgan fingerprint density at radius 2 is 1.50 bits per heavy atom. The van der Waals surface area contributed by atoms with Crippen LogP contribution in [0.5, 0.6) is 0 Å². The number of anilines is 2. The van der Waals surface area contributed by atoms with Gasteiger partial charge in [-0.2, -0.15) is 0 Å². The molecule has 3 aromatic carbocycles. The van der Waals surface area contributed by atoms with E-state index in [1.54, 1.807) is 5.06 Å². The van der Waals surface area contributed by atoms with Gasteiger partial charge < -0.3 is 0 Å². The highest BCUT2D eigenvalue weighted by Crippen LogP contribution is 2.47. The van der Waals surface area contributed by atoms with Crippen LogP contribution in [0.4, 0.5) is 15.8 Å². The lowest BCUT2D eigenvalue weighted by Gasteiger charge is -2.28. The molecule has 0 N–H and O–H groups in total. The fourth-order valence-corrected chi connectivity index (χ4v) is 4.20. The van der Waals surface area contributed by atoms with Crippen molar-refractivity contribution < 1.29 is 18.8 Å². The van der Waals surface area contributed by atoms with Crippen molar-refractivity contribution in [3.05, 3.63) is 95.3 Å². The zero-order valence-corrected chi connectivity index (χ0v) is 16.4. The molecule has 2 aliphatic rings. The van der Waals surface area contributed by atoms with E-state index in [1.807, 2.05) is 60.7 Å². The van der Waals surface area contributed by atoms with Crippen molar-refractivity contribution in [2.45, 2.75) is 12.1 Å². The van der Waals surface area contributed by atoms with Gasteiger partial charge in [-0.05, 0) is 35.9 Å². The number of imide groups is 1. The molecule has 2 aliphatic heterocycles. The van der Waals surface area contributed by atoms with E-state index < -0.39 is 35.7 Å². The normalized spacial score (nSPS) is 23.2. The smallest absolute Gasteiger partial charge is 0.266 e. The third-order valence-corrected chi connectivity index (χ3v) is 5.74. The second-order valence-corrected chi connectivity index (χ2v) is 7.59. The third kappa shape index (κ3) is 2.88. The fraction of sp³-hybridized carbons (Fsp3) is 0.130. The molecule has 0 aliphatic carbocycles. The first kappa shape index (κ1) is 18.8. The van der Waals surface area contributed by atoms with Crippen molar-refractivity contribution in [2.75, 3.05) is 9.96 Å². The zero-order valence-electron chi connectivity index (χ0n) is 15.6. The number of hydroxylamine groups is 1. The first-order valence-corrected chi connectivity index (χ1v) is 9.83. The van der Waals surface area contributed by atoms with E-state index in [9.17, 15) is 14.0 Å². The van der Waals surface area contributed by atoms with Crippen molar-refractivity contribution in [3.8, 4) is 0 Å². The number of carbonyl (C=O) groups excluding carboxylic acids is 2. The molecular formula is C23H16ClFN2O3. The Labute approximate surface area is 177 Å². The molecule has 0 spiro atoms. The Kier molecular flexibility index (Phi) is 4.53. The van der Waals surface area contributed by atoms with E-state index in [0.29, 0.717) is 0 Å². The monoisotopic (exact) mass is 422 g/mol. The molecule has 5 rings (SSSR count). The molecule has 2 amide bonds. The van der Waals surface area contributed by atoms with Gasteiger partial charge in [-0.15, -0.1) is 0 Å². The van der Waals surface area contributed by atoms with Crippen molar-refractivity contribution in [3.63, 3.8) is 0 Å². The van der Waals surface area contributed by atoms with Gasteiger partial charge in [0, 0.05) is 0 Å². The lowest BCUT2D eigenvalue weighted by Crippen LogP contribution is -2.37. The summed E-state index contributed by atoms with van der Waals surface area (Å²) in [6.45, 7) is 0. The van der Waals surface area contributed by atoms with Gasteiger partial charge in [-0.1, -0.05) is 60.1 Å². The Balaban J connectivity index is 1.58. The summed E-state index contributed by atoms with van der Waals surface area (Å²) >= 11 is 5.75. The minimum atomic E-state index is -0.998. The molecule has 3 aromatic rings. The maximum absolute atomic E-state index is 14.0. The lowest BCUT2D eigenvalue weighted by atomic mass is 9.90. The lowest BCUT2D eigenvalue weighted by molar-refractivity contribution is -0.126. The predicted molar refractivity (Wildman–Crippen MR) is 110 cm³/mol. The highest BCUT2D eigenvalue weighted by Gasteiger charge is 2.60. The largest absolute Gasteiger partial charge is 0.273 e. The van der Waals surface area contributed by atoms with Crippen LogP contribution in [0.25, 0.3) is 0 Å². The molecule has 0 bridgehead atoms. The molecule has 0 radical (unpaired) electrons. The first-order chi connectivity index (χ1) is 14.6. The number of para-hydroxylation sites is 1. The molecule has 2 saturated heterocycles. The molecule has 0 saturated carbocycles. The second kappa shape index (κ2) is 7.23. The summed E-state index contributed by atoms with van der Waals surface area (Å²) in [5, 5.41) is 1.55. The van der Waals surface area contributed by atoms with Crippen molar-refractivity contribution in [1.29, 1.82) is 0 Å². The van der Waals surface area contributed by atoms with Crippen LogP contribution in [0.3, 0.4) is 0 Å². The standard InChI is InChI=1S/C23H16ClFN2O3/c24-17-12-11-16(13-18(17)25)26-22(28)19-20(14-7-3-1-4-8-14)27(30-21(19)23(26)29)15-9-5-2-6-10-15/h1-13,19-21H/t19-,20+,21+/m0/s1. The van der Waals surface area contributed by atoms with E-state index in [-0.39, 0.29) is 10.7 Å². The van der Waals surface area contributed by atoms with Crippen LogP contribution >= 0.6 is 11.6 Å². The molecule has 30 heavy (non-hydrogen) atoms. The van der Waals surface area contributed by atoms with Crippen molar-refractivity contribution in [1.82, 2.24) is 0 Å². The summed E-state index contributed by atoms with van der Waals surface area (Å²) in [6, 6.07) is 22.1. The molecule has 2 fully saturated rings. The van der Waals surface area contributed by atoms with E-state index in [2.05, 4.69) is 0 Å². The van der Waals surface area contributed by atoms with Gasteiger partial charge in [0.05, 0.1) is 22.4 Å². The maximum atomic E-state index is 14.0. The van der Waals surface area contributed by atoms with Gasteiger partial charge in [0.1, 0.15) is 11.7 Å². The SMILES string of the molecule is O=C1[C@H]2[C@@H](c3ccccc3)N(c3ccccc3)O[C@H]2C(=O)N1c1ccc(Cl)c(F)c1. The predicted octanol–water partition coefficient (Wildman–Crippen LogP) is 4.53.